The van der Waals surface area contributed by atoms with E-state index in [9.17, 15) is 14.4 Å². The van der Waals surface area contributed by atoms with E-state index in [0.29, 0.717) is 35.1 Å². The lowest BCUT2D eigenvalue weighted by atomic mass is 9.80. The molecule has 4 heteroatoms. The molecule has 2 N–H and O–H groups in total. The topological polar surface area (TPSA) is 77.2 Å². The predicted molar refractivity (Wildman–Crippen MR) is 67.1 cm³/mol. The molecule has 2 rings (SSSR count). The zero-order chi connectivity index (χ0) is 13.4. The second-order valence-corrected chi connectivity index (χ2v) is 4.64. The number of hydrogen-bond donors (Lipinski definition) is 1. The minimum absolute atomic E-state index is 0.0929. The molecule has 0 amide bonds. The van der Waals surface area contributed by atoms with Crippen molar-refractivity contribution < 1.29 is 14.4 Å². The fraction of sp³-hybridized carbons (Fsp3) is 0.357. The Balaban J connectivity index is 2.74. The third-order valence-corrected chi connectivity index (χ3v) is 3.36. The highest BCUT2D eigenvalue weighted by molar-refractivity contribution is 6.13. The van der Waals surface area contributed by atoms with E-state index in [1.807, 2.05) is 0 Å². The van der Waals surface area contributed by atoms with Crippen molar-refractivity contribution in [3.63, 3.8) is 0 Å². The number of carbonyl (C=O) groups excluding carboxylic acids is 3. The summed E-state index contributed by atoms with van der Waals surface area (Å²) in [6, 6.07) is 2.60. The lowest BCUT2D eigenvalue weighted by Gasteiger charge is -2.24. The van der Waals surface area contributed by atoms with Crippen LogP contribution in [0.5, 0.6) is 0 Å². The first kappa shape index (κ1) is 12.6. The van der Waals surface area contributed by atoms with Crippen molar-refractivity contribution in [2.75, 3.05) is 0 Å². The lowest BCUT2D eigenvalue weighted by Crippen LogP contribution is -2.37. The molecule has 0 aliphatic heterocycles. The molecule has 18 heavy (non-hydrogen) atoms. The summed E-state index contributed by atoms with van der Waals surface area (Å²) in [5.74, 6) is -0.502. The maximum atomic E-state index is 12.1. The molecule has 0 aromatic heterocycles. The van der Waals surface area contributed by atoms with Crippen LogP contribution < -0.4 is 5.73 Å². The fourth-order valence-corrected chi connectivity index (χ4v) is 2.43. The summed E-state index contributed by atoms with van der Waals surface area (Å²) < 4.78 is 0. The van der Waals surface area contributed by atoms with Crippen molar-refractivity contribution in [2.45, 2.75) is 32.7 Å². The first-order chi connectivity index (χ1) is 8.43. The van der Waals surface area contributed by atoms with Gasteiger partial charge < -0.3 is 5.73 Å². The van der Waals surface area contributed by atoms with E-state index < -0.39 is 6.04 Å². The third-order valence-electron chi connectivity index (χ3n) is 3.36. The summed E-state index contributed by atoms with van der Waals surface area (Å²) in [4.78, 5) is 35.3. The monoisotopic (exact) mass is 245 g/mol. The Morgan fingerprint density at radius 3 is 2.28 bits per heavy atom. The summed E-state index contributed by atoms with van der Waals surface area (Å²) in [5, 5.41) is 0. The van der Waals surface area contributed by atoms with Gasteiger partial charge in [0, 0.05) is 16.7 Å². The number of ketones is 3. The number of rotatable bonds is 2. The summed E-state index contributed by atoms with van der Waals surface area (Å²) in [5.41, 5.74) is 7.67. The fourth-order valence-electron chi connectivity index (χ4n) is 2.43. The van der Waals surface area contributed by atoms with E-state index in [-0.39, 0.29) is 17.3 Å². The molecule has 1 aliphatic rings. The SMILES string of the molecule is CC(=O)c1ccc(C(C)=O)c2c1CCC(N)C2=O. The van der Waals surface area contributed by atoms with Crippen LogP contribution in [-0.4, -0.2) is 23.4 Å². The number of hydrogen-bond acceptors (Lipinski definition) is 4. The van der Waals surface area contributed by atoms with Crippen LogP contribution in [-0.2, 0) is 6.42 Å². The van der Waals surface area contributed by atoms with E-state index in [0.717, 1.165) is 0 Å². The predicted octanol–water partition coefficient (Wildman–Crippen LogP) is 1.55. The van der Waals surface area contributed by atoms with Gasteiger partial charge in [-0.2, -0.15) is 0 Å². The first-order valence-corrected chi connectivity index (χ1v) is 5.91. The smallest absolute Gasteiger partial charge is 0.180 e. The van der Waals surface area contributed by atoms with Crippen LogP contribution in [0.4, 0.5) is 0 Å². The molecule has 1 atom stereocenters. The van der Waals surface area contributed by atoms with Crippen LogP contribution in [0, 0.1) is 0 Å². The number of benzene rings is 1. The van der Waals surface area contributed by atoms with E-state index in [1.165, 1.54) is 13.8 Å². The highest BCUT2D eigenvalue weighted by atomic mass is 16.1. The van der Waals surface area contributed by atoms with Crippen molar-refractivity contribution >= 4 is 17.3 Å². The van der Waals surface area contributed by atoms with Gasteiger partial charge >= 0.3 is 0 Å². The lowest BCUT2D eigenvalue weighted by molar-refractivity contribution is 0.0933. The standard InChI is InChI=1S/C14H15NO3/c1-7(16)9-3-4-10(8(2)17)13-11(9)5-6-12(15)14(13)18/h3-4,12H,5-6,15H2,1-2H3. The van der Waals surface area contributed by atoms with Crippen LogP contribution in [0.1, 0.15) is 56.9 Å². The van der Waals surface area contributed by atoms with Crippen LogP contribution >= 0.6 is 0 Å². The molecule has 0 radical (unpaired) electrons. The van der Waals surface area contributed by atoms with Gasteiger partial charge in [0.2, 0.25) is 0 Å². The number of nitrogens with two attached hydrogens (primary N) is 1. The minimum Gasteiger partial charge on any atom is -0.321 e. The number of Topliss-reactive ketones (excluding diaryl/α,β-unsaturated/α-hetero) is 3. The quantitative estimate of drug-likeness (QED) is 0.802. The first-order valence-electron chi connectivity index (χ1n) is 5.91. The second kappa shape index (κ2) is 4.46. The van der Waals surface area contributed by atoms with Gasteiger partial charge in [-0.3, -0.25) is 14.4 Å². The molecule has 0 saturated heterocycles. The Hall–Kier alpha value is -1.81. The largest absolute Gasteiger partial charge is 0.321 e. The molecule has 0 fully saturated rings. The number of carbonyl (C=O) groups is 3. The van der Waals surface area contributed by atoms with Crippen molar-refractivity contribution in [2.24, 2.45) is 5.73 Å². The molecule has 1 aromatic carbocycles. The maximum Gasteiger partial charge on any atom is 0.180 e. The average Bonchev–Trinajstić information content (AvgIpc) is 2.32. The maximum absolute atomic E-state index is 12.1. The highest BCUT2D eigenvalue weighted by Gasteiger charge is 2.30. The molecule has 4 nitrogen and oxygen atoms in total. The van der Waals surface area contributed by atoms with Gasteiger partial charge in [0.25, 0.3) is 0 Å². The molecule has 0 heterocycles. The zero-order valence-corrected chi connectivity index (χ0v) is 10.4. The Morgan fingerprint density at radius 1 is 1.17 bits per heavy atom. The molecule has 0 spiro atoms. The zero-order valence-electron chi connectivity index (χ0n) is 10.4. The highest BCUT2D eigenvalue weighted by Crippen LogP contribution is 2.28. The van der Waals surface area contributed by atoms with Gasteiger partial charge in [0.05, 0.1) is 6.04 Å². The molecule has 94 valence electrons. The molecule has 0 bridgehead atoms. The van der Waals surface area contributed by atoms with Gasteiger partial charge in [-0.25, -0.2) is 0 Å². The van der Waals surface area contributed by atoms with Crippen molar-refractivity contribution in [1.29, 1.82) is 0 Å². The van der Waals surface area contributed by atoms with Gasteiger partial charge in [0.1, 0.15) is 0 Å². The van der Waals surface area contributed by atoms with E-state index >= 15 is 0 Å². The average molecular weight is 245 g/mol. The number of fused-ring (bicyclic) bond motifs is 1. The van der Waals surface area contributed by atoms with Crippen LogP contribution in [0.25, 0.3) is 0 Å². The Morgan fingerprint density at radius 2 is 1.72 bits per heavy atom. The normalized spacial score (nSPS) is 18.4. The summed E-state index contributed by atoms with van der Waals surface area (Å²) >= 11 is 0. The van der Waals surface area contributed by atoms with Crippen LogP contribution in [0.3, 0.4) is 0 Å². The summed E-state index contributed by atoms with van der Waals surface area (Å²) in [6.45, 7) is 2.87. The van der Waals surface area contributed by atoms with Crippen molar-refractivity contribution in [1.82, 2.24) is 0 Å². The van der Waals surface area contributed by atoms with Crippen LogP contribution in [0.2, 0.25) is 0 Å². The molecule has 1 unspecified atom stereocenters. The van der Waals surface area contributed by atoms with Gasteiger partial charge in [-0.1, -0.05) is 6.07 Å². The van der Waals surface area contributed by atoms with Gasteiger partial charge in [-0.05, 0) is 38.3 Å². The Bertz CT molecular complexity index is 560. The van der Waals surface area contributed by atoms with Crippen molar-refractivity contribution in [3.8, 4) is 0 Å². The molecule has 0 saturated carbocycles. The summed E-state index contributed by atoms with van der Waals surface area (Å²) in [6.07, 6.45) is 1.09. The molecule has 1 aliphatic carbocycles. The van der Waals surface area contributed by atoms with E-state index in [2.05, 4.69) is 0 Å². The van der Waals surface area contributed by atoms with Gasteiger partial charge in [0.15, 0.2) is 17.3 Å². The van der Waals surface area contributed by atoms with E-state index in [1.54, 1.807) is 12.1 Å². The van der Waals surface area contributed by atoms with Crippen molar-refractivity contribution in [3.05, 3.63) is 34.4 Å². The van der Waals surface area contributed by atoms with Gasteiger partial charge in [-0.15, -0.1) is 0 Å². The van der Waals surface area contributed by atoms with Crippen LogP contribution in [0.15, 0.2) is 12.1 Å². The Kier molecular flexibility index (Phi) is 3.13. The summed E-state index contributed by atoms with van der Waals surface area (Å²) in [7, 11) is 0. The Labute approximate surface area is 105 Å². The molecular weight excluding hydrogens is 230 g/mol. The third kappa shape index (κ3) is 1.88. The minimum atomic E-state index is -0.571. The molecule has 1 aromatic rings. The molecular formula is C14H15NO3. The second-order valence-electron chi connectivity index (χ2n) is 4.64. The van der Waals surface area contributed by atoms with E-state index in [4.69, 9.17) is 5.73 Å².